The van der Waals surface area contributed by atoms with Crippen molar-refractivity contribution < 1.29 is 4.74 Å². The Morgan fingerprint density at radius 1 is 1.42 bits per heavy atom. The number of rotatable bonds is 8. The summed E-state index contributed by atoms with van der Waals surface area (Å²) >= 11 is 0. The Labute approximate surface area is 116 Å². The Kier molecular flexibility index (Phi) is 5.94. The lowest BCUT2D eigenvalue weighted by molar-refractivity contribution is 0.00702. The van der Waals surface area contributed by atoms with Gasteiger partial charge >= 0.3 is 0 Å². The molecule has 1 aromatic heterocycles. The third kappa shape index (κ3) is 4.91. The predicted molar refractivity (Wildman–Crippen MR) is 77.3 cm³/mol. The van der Waals surface area contributed by atoms with E-state index in [0.29, 0.717) is 12.1 Å². The second kappa shape index (κ2) is 7.01. The molecule has 0 bridgehead atoms. The number of ether oxygens (including phenoxy) is 1. The lowest BCUT2D eigenvalue weighted by atomic mass is 9.96. The van der Waals surface area contributed by atoms with Gasteiger partial charge in [-0.05, 0) is 40.7 Å². The molecule has 0 saturated carbocycles. The van der Waals surface area contributed by atoms with Crippen LogP contribution in [0, 0.1) is 0 Å². The summed E-state index contributed by atoms with van der Waals surface area (Å²) in [5.74, 6) is 1.04. The Balaban J connectivity index is 2.75. The minimum absolute atomic E-state index is 0.129. The zero-order chi connectivity index (χ0) is 14.5. The number of nitrogens with one attached hydrogen (secondary N) is 1. The van der Waals surface area contributed by atoms with Crippen LogP contribution in [0.15, 0.2) is 6.33 Å². The summed E-state index contributed by atoms with van der Waals surface area (Å²) in [5, 5.41) is 7.81. The average molecular weight is 268 g/mol. The molecular weight excluding hydrogens is 240 g/mol. The number of likely N-dealkylation sites (N-methyl/N-ethyl adjacent to an activating group) is 1. The Morgan fingerprint density at radius 2 is 2.11 bits per heavy atom. The van der Waals surface area contributed by atoms with E-state index in [4.69, 9.17) is 4.74 Å². The molecule has 1 N–H and O–H groups in total. The number of methoxy groups -OCH3 is 1. The fourth-order valence-electron chi connectivity index (χ4n) is 2.25. The van der Waals surface area contributed by atoms with E-state index in [9.17, 15) is 0 Å². The molecule has 1 rings (SSSR count). The van der Waals surface area contributed by atoms with Crippen LogP contribution in [-0.2, 0) is 11.2 Å². The van der Waals surface area contributed by atoms with E-state index in [1.807, 2.05) is 4.68 Å². The summed E-state index contributed by atoms with van der Waals surface area (Å²) in [7, 11) is 1.76. The van der Waals surface area contributed by atoms with E-state index in [2.05, 4.69) is 50.0 Å². The minimum Gasteiger partial charge on any atom is -0.379 e. The van der Waals surface area contributed by atoms with E-state index < -0.39 is 0 Å². The molecule has 0 amide bonds. The van der Waals surface area contributed by atoms with Gasteiger partial charge in [-0.1, -0.05) is 6.92 Å². The smallest absolute Gasteiger partial charge is 0.138 e. The highest BCUT2D eigenvalue weighted by Crippen LogP contribution is 2.18. The van der Waals surface area contributed by atoms with E-state index in [0.717, 1.165) is 25.2 Å². The molecule has 1 heterocycles. The van der Waals surface area contributed by atoms with Crippen molar-refractivity contribution in [2.75, 3.05) is 13.7 Å². The molecule has 1 atom stereocenters. The summed E-state index contributed by atoms with van der Waals surface area (Å²) < 4.78 is 7.52. The van der Waals surface area contributed by atoms with Gasteiger partial charge in [-0.3, -0.25) is 0 Å². The summed E-state index contributed by atoms with van der Waals surface area (Å²) in [4.78, 5) is 4.39. The van der Waals surface area contributed by atoms with Gasteiger partial charge in [0.1, 0.15) is 12.2 Å². The quantitative estimate of drug-likeness (QED) is 0.785. The molecule has 19 heavy (non-hydrogen) atoms. The number of nitrogens with zero attached hydrogens (tertiary/aromatic N) is 3. The van der Waals surface area contributed by atoms with Crippen LogP contribution in [0.1, 0.15) is 52.9 Å². The first-order valence-electron chi connectivity index (χ1n) is 7.06. The molecule has 1 unspecified atom stereocenters. The maximum atomic E-state index is 5.53. The van der Waals surface area contributed by atoms with Gasteiger partial charge in [0, 0.05) is 25.6 Å². The van der Waals surface area contributed by atoms with Crippen LogP contribution in [0.3, 0.4) is 0 Å². The normalized spacial score (nSPS) is 14.1. The van der Waals surface area contributed by atoms with E-state index in [1.54, 1.807) is 13.4 Å². The fraction of sp³-hybridized carbons (Fsp3) is 0.857. The molecule has 0 spiro atoms. The van der Waals surface area contributed by atoms with Crippen molar-refractivity contribution in [3.05, 3.63) is 12.2 Å². The predicted octanol–water partition coefficient (Wildman–Crippen LogP) is 2.19. The zero-order valence-corrected chi connectivity index (χ0v) is 13.1. The van der Waals surface area contributed by atoms with Crippen molar-refractivity contribution in [3.8, 4) is 0 Å². The standard InChI is InChI=1S/C14H28N4O/c1-7-15-12(9-14(4,5)19-6)8-13-16-10-17-18(13)11(2)3/h10-12,15H,7-9H2,1-6H3. The number of hydrogen-bond donors (Lipinski definition) is 1. The largest absolute Gasteiger partial charge is 0.379 e. The molecule has 0 aliphatic carbocycles. The average Bonchev–Trinajstić information content (AvgIpc) is 2.77. The SMILES string of the molecule is CCNC(Cc1ncnn1C(C)C)CC(C)(C)OC. The van der Waals surface area contributed by atoms with Crippen molar-refractivity contribution in [2.24, 2.45) is 0 Å². The van der Waals surface area contributed by atoms with Crippen LogP contribution in [0.5, 0.6) is 0 Å². The van der Waals surface area contributed by atoms with Crippen LogP contribution in [0.2, 0.25) is 0 Å². The lowest BCUT2D eigenvalue weighted by Gasteiger charge is -2.29. The molecule has 0 aromatic carbocycles. The maximum absolute atomic E-state index is 5.53. The molecular formula is C14H28N4O. The van der Waals surface area contributed by atoms with Crippen molar-refractivity contribution >= 4 is 0 Å². The van der Waals surface area contributed by atoms with Gasteiger partial charge in [0.25, 0.3) is 0 Å². The summed E-state index contributed by atoms with van der Waals surface area (Å²) in [5.41, 5.74) is -0.129. The number of aromatic nitrogens is 3. The van der Waals surface area contributed by atoms with Gasteiger partial charge in [-0.2, -0.15) is 5.10 Å². The van der Waals surface area contributed by atoms with Crippen LogP contribution in [0.25, 0.3) is 0 Å². The minimum atomic E-state index is -0.129. The van der Waals surface area contributed by atoms with Gasteiger partial charge in [0.2, 0.25) is 0 Å². The van der Waals surface area contributed by atoms with Gasteiger partial charge in [-0.15, -0.1) is 0 Å². The first-order valence-corrected chi connectivity index (χ1v) is 7.06. The highest BCUT2D eigenvalue weighted by molar-refractivity contribution is 4.93. The second-order valence-electron chi connectivity index (χ2n) is 5.84. The van der Waals surface area contributed by atoms with E-state index >= 15 is 0 Å². The van der Waals surface area contributed by atoms with Crippen molar-refractivity contribution in [1.29, 1.82) is 0 Å². The maximum Gasteiger partial charge on any atom is 0.138 e. The van der Waals surface area contributed by atoms with Crippen LogP contribution < -0.4 is 5.32 Å². The molecule has 1 aromatic rings. The lowest BCUT2D eigenvalue weighted by Crippen LogP contribution is -2.39. The highest BCUT2D eigenvalue weighted by Gasteiger charge is 2.24. The molecule has 0 aliphatic heterocycles. The van der Waals surface area contributed by atoms with Gasteiger partial charge in [0.05, 0.1) is 5.60 Å². The van der Waals surface area contributed by atoms with E-state index in [1.165, 1.54) is 0 Å². The Morgan fingerprint density at radius 3 is 2.63 bits per heavy atom. The molecule has 0 radical (unpaired) electrons. The third-order valence-corrected chi connectivity index (χ3v) is 3.35. The van der Waals surface area contributed by atoms with Crippen molar-refractivity contribution in [3.63, 3.8) is 0 Å². The summed E-state index contributed by atoms with van der Waals surface area (Å²) in [6, 6.07) is 0.692. The summed E-state index contributed by atoms with van der Waals surface area (Å²) in [6.45, 7) is 11.5. The Hall–Kier alpha value is -0.940. The first-order chi connectivity index (χ1) is 8.89. The molecule has 110 valence electrons. The second-order valence-corrected chi connectivity index (χ2v) is 5.84. The molecule has 0 saturated heterocycles. The van der Waals surface area contributed by atoms with Crippen LogP contribution in [0.4, 0.5) is 0 Å². The monoisotopic (exact) mass is 268 g/mol. The Bertz CT molecular complexity index is 373. The fourth-order valence-corrected chi connectivity index (χ4v) is 2.25. The van der Waals surface area contributed by atoms with Gasteiger partial charge in [-0.25, -0.2) is 9.67 Å². The molecule has 0 aliphatic rings. The highest BCUT2D eigenvalue weighted by atomic mass is 16.5. The zero-order valence-electron chi connectivity index (χ0n) is 13.1. The molecule has 5 heteroatoms. The summed E-state index contributed by atoms with van der Waals surface area (Å²) in [6.07, 6.45) is 3.46. The van der Waals surface area contributed by atoms with Crippen molar-refractivity contribution in [2.45, 2.75) is 65.1 Å². The van der Waals surface area contributed by atoms with Gasteiger partial charge in [0.15, 0.2) is 0 Å². The van der Waals surface area contributed by atoms with E-state index in [-0.39, 0.29) is 5.60 Å². The molecule has 5 nitrogen and oxygen atoms in total. The van der Waals surface area contributed by atoms with Gasteiger partial charge < -0.3 is 10.1 Å². The van der Waals surface area contributed by atoms with Crippen molar-refractivity contribution in [1.82, 2.24) is 20.1 Å². The third-order valence-electron chi connectivity index (χ3n) is 3.35. The van der Waals surface area contributed by atoms with Crippen LogP contribution in [-0.4, -0.2) is 40.1 Å². The first kappa shape index (κ1) is 16.1. The molecule has 0 fully saturated rings. The number of hydrogen-bond acceptors (Lipinski definition) is 4. The topological polar surface area (TPSA) is 52.0 Å². The van der Waals surface area contributed by atoms with Crippen LogP contribution >= 0.6 is 0 Å².